The second-order valence-electron chi connectivity index (χ2n) is 5.72. The van der Waals surface area contributed by atoms with Gasteiger partial charge in [-0.3, -0.25) is 0 Å². The lowest BCUT2D eigenvalue weighted by molar-refractivity contribution is -0.264. The minimum atomic E-state index is -4.67. The summed E-state index contributed by atoms with van der Waals surface area (Å²) in [6.07, 6.45) is -6.61. The van der Waals surface area contributed by atoms with Gasteiger partial charge in [0.1, 0.15) is 11.6 Å². The summed E-state index contributed by atoms with van der Waals surface area (Å²) in [4.78, 5) is 12.1. The van der Waals surface area contributed by atoms with Crippen molar-refractivity contribution in [3.8, 4) is 5.75 Å². The molecule has 1 aliphatic heterocycles. The van der Waals surface area contributed by atoms with Crippen LogP contribution in [-0.4, -0.2) is 37.6 Å². The largest absolute Gasteiger partial charge is 0.496 e. The van der Waals surface area contributed by atoms with Crippen LogP contribution in [0.3, 0.4) is 0 Å². The Morgan fingerprint density at radius 3 is 2.62 bits per heavy atom. The number of ether oxygens (including phenoxy) is 3. The van der Waals surface area contributed by atoms with Crippen LogP contribution in [0.1, 0.15) is 31.7 Å². The molecule has 1 aromatic rings. The minimum Gasteiger partial charge on any atom is -0.496 e. The van der Waals surface area contributed by atoms with Gasteiger partial charge >= 0.3 is 12.1 Å². The lowest BCUT2D eigenvalue weighted by atomic mass is 9.86. The van der Waals surface area contributed by atoms with Crippen LogP contribution in [0.2, 0.25) is 0 Å². The third-order valence-electron chi connectivity index (χ3n) is 4.08. The van der Waals surface area contributed by atoms with E-state index in [1.165, 1.54) is 13.2 Å². The van der Waals surface area contributed by atoms with Crippen molar-refractivity contribution in [2.24, 2.45) is 0 Å². The first-order valence-corrected chi connectivity index (χ1v) is 7.37. The maximum absolute atomic E-state index is 13.4. The highest BCUT2D eigenvalue weighted by molar-refractivity contribution is 5.77. The zero-order valence-corrected chi connectivity index (χ0v) is 13.4. The Balaban J connectivity index is 2.46. The van der Waals surface area contributed by atoms with Crippen molar-refractivity contribution in [2.45, 2.75) is 44.1 Å². The predicted molar refractivity (Wildman–Crippen MR) is 76.3 cm³/mol. The molecule has 1 heterocycles. The van der Waals surface area contributed by atoms with Crippen molar-refractivity contribution in [1.29, 1.82) is 0 Å². The third-order valence-corrected chi connectivity index (χ3v) is 4.08. The number of benzene rings is 1. The van der Waals surface area contributed by atoms with Gasteiger partial charge in [0.05, 0.1) is 13.7 Å². The molecule has 1 saturated heterocycles. The molecule has 0 aliphatic carbocycles. The molecule has 0 aromatic heterocycles. The maximum atomic E-state index is 13.4. The summed E-state index contributed by atoms with van der Waals surface area (Å²) in [6, 6.07) is 3.46. The molecular formula is C16H18F4O4. The Bertz CT molecular complexity index is 617. The van der Waals surface area contributed by atoms with Crippen LogP contribution in [0.15, 0.2) is 18.2 Å². The van der Waals surface area contributed by atoms with Gasteiger partial charge in [-0.2, -0.15) is 13.2 Å². The van der Waals surface area contributed by atoms with E-state index in [-0.39, 0.29) is 17.9 Å². The maximum Gasteiger partial charge on any atom is 0.417 e. The molecule has 2 rings (SSSR count). The highest BCUT2D eigenvalue weighted by atomic mass is 19.4. The van der Waals surface area contributed by atoms with Crippen LogP contribution < -0.4 is 4.74 Å². The fraction of sp³-hybridized carbons (Fsp3) is 0.562. The van der Waals surface area contributed by atoms with Crippen LogP contribution in [0.5, 0.6) is 5.75 Å². The Kier molecular flexibility index (Phi) is 5.08. The summed E-state index contributed by atoms with van der Waals surface area (Å²) in [7, 11) is 1.27. The summed E-state index contributed by atoms with van der Waals surface area (Å²) < 4.78 is 68.3. The van der Waals surface area contributed by atoms with Crippen molar-refractivity contribution in [3.05, 3.63) is 29.6 Å². The lowest BCUT2D eigenvalue weighted by Gasteiger charge is -2.26. The number of alkyl halides is 3. The average Bonchev–Trinajstić information content (AvgIpc) is 2.86. The van der Waals surface area contributed by atoms with Gasteiger partial charge in [0.15, 0.2) is 11.7 Å². The molecule has 8 heteroatoms. The van der Waals surface area contributed by atoms with Crippen molar-refractivity contribution >= 4 is 5.97 Å². The summed E-state index contributed by atoms with van der Waals surface area (Å²) in [5.41, 5.74) is -2.24. The zero-order valence-electron chi connectivity index (χ0n) is 13.4. The molecule has 0 radical (unpaired) electrons. The summed E-state index contributed by atoms with van der Waals surface area (Å²) >= 11 is 0. The van der Waals surface area contributed by atoms with Crippen LogP contribution >= 0.6 is 0 Å². The molecule has 134 valence electrons. The monoisotopic (exact) mass is 350 g/mol. The fourth-order valence-corrected chi connectivity index (χ4v) is 2.82. The molecular weight excluding hydrogens is 332 g/mol. The topological polar surface area (TPSA) is 44.8 Å². The van der Waals surface area contributed by atoms with E-state index >= 15 is 0 Å². The van der Waals surface area contributed by atoms with E-state index in [9.17, 15) is 22.4 Å². The Hall–Kier alpha value is -1.83. The number of methoxy groups -OCH3 is 1. The molecule has 24 heavy (non-hydrogen) atoms. The molecule has 1 aliphatic rings. The van der Waals surface area contributed by atoms with Gasteiger partial charge in [-0.1, -0.05) is 6.07 Å². The van der Waals surface area contributed by atoms with Crippen molar-refractivity contribution in [3.63, 3.8) is 0 Å². The number of hydrogen-bond donors (Lipinski definition) is 0. The summed E-state index contributed by atoms with van der Waals surface area (Å²) in [5, 5.41) is 0. The Morgan fingerprint density at radius 2 is 2.08 bits per heavy atom. The van der Waals surface area contributed by atoms with E-state index in [1.807, 2.05) is 0 Å². The van der Waals surface area contributed by atoms with Crippen molar-refractivity contribution in [1.82, 2.24) is 0 Å². The second kappa shape index (κ2) is 6.58. The molecule has 2 unspecified atom stereocenters. The molecule has 0 amide bonds. The van der Waals surface area contributed by atoms with E-state index < -0.39 is 42.0 Å². The standard InChI is InChI=1S/C16H18F4O4/c1-4-23-14(21)13-11(8-15(2,24-13)16(18,19)20)10-6-5-9(17)7-12(10)22-3/h5-7,11,13H,4,8H2,1-3H3/t11?,13-,15?/m1/s1. The van der Waals surface area contributed by atoms with Gasteiger partial charge in [0.2, 0.25) is 0 Å². The van der Waals surface area contributed by atoms with E-state index in [1.54, 1.807) is 6.92 Å². The molecule has 3 atom stereocenters. The van der Waals surface area contributed by atoms with Crippen LogP contribution in [0, 0.1) is 5.82 Å². The lowest BCUT2D eigenvalue weighted by Crippen LogP contribution is -2.43. The molecule has 0 spiro atoms. The highest BCUT2D eigenvalue weighted by Crippen LogP contribution is 2.51. The van der Waals surface area contributed by atoms with E-state index in [0.717, 1.165) is 19.1 Å². The quantitative estimate of drug-likeness (QED) is 0.615. The van der Waals surface area contributed by atoms with Gasteiger partial charge < -0.3 is 14.2 Å². The first kappa shape index (κ1) is 18.5. The zero-order chi connectivity index (χ0) is 18.1. The Labute approximate surface area is 136 Å². The second-order valence-corrected chi connectivity index (χ2v) is 5.72. The van der Waals surface area contributed by atoms with Crippen molar-refractivity contribution in [2.75, 3.05) is 13.7 Å². The number of hydrogen-bond acceptors (Lipinski definition) is 4. The minimum absolute atomic E-state index is 0.00863. The molecule has 1 fully saturated rings. The van der Waals surface area contributed by atoms with E-state index in [2.05, 4.69) is 0 Å². The molecule has 1 aromatic carbocycles. The fourth-order valence-electron chi connectivity index (χ4n) is 2.82. The highest BCUT2D eigenvalue weighted by Gasteiger charge is 2.61. The average molecular weight is 350 g/mol. The van der Waals surface area contributed by atoms with E-state index in [4.69, 9.17) is 14.2 Å². The van der Waals surface area contributed by atoms with Gasteiger partial charge in [0.25, 0.3) is 0 Å². The van der Waals surface area contributed by atoms with Crippen LogP contribution in [0.25, 0.3) is 0 Å². The third kappa shape index (κ3) is 3.33. The molecule has 0 N–H and O–H groups in total. The molecule has 0 saturated carbocycles. The normalized spacial score (nSPS) is 27.1. The number of esters is 1. The number of rotatable bonds is 4. The SMILES string of the molecule is CCOC(=O)[C@@H]1OC(C)(C(F)(F)F)CC1c1ccc(F)cc1OC. The van der Waals surface area contributed by atoms with Gasteiger partial charge in [-0.15, -0.1) is 0 Å². The number of carbonyl (C=O) groups excluding carboxylic acids is 1. The van der Waals surface area contributed by atoms with E-state index in [0.29, 0.717) is 0 Å². The molecule has 0 bridgehead atoms. The Morgan fingerprint density at radius 1 is 1.42 bits per heavy atom. The van der Waals surface area contributed by atoms with Gasteiger partial charge in [0, 0.05) is 17.5 Å². The van der Waals surface area contributed by atoms with Crippen molar-refractivity contribution < 1.29 is 36.6 Å². The summed E-state index contributed by atoms with van der Waals surface area (Å²) in [5.74, 6) is -2.39. The van der Waals surface area contributed by atoms with Gasteiger partial charge in [-0.25, -0.2) is 9.18 Å². The predicted octanol–water partition coefficient (Wildman–Crippen LogP) is 3.59. The number of carbonyl (C=O) groups is 1. The van der Waals surface area contributed by atoms with Gasteiger partial charge in [-0.05, 0) is 26.3 Å². The smallest absolute Gasteiger partial charge is 0.417 e. The van der Waals surface area contributed by atoms with Crippen LogP contribution in [0.4, 0.5) is 17.6 Å². The molecule has 4 nitrogen and oxygen atoms in total. The first-order valence-electron chi connectivity index (χ1n) is 7.37. The first-order chi connectivity index (χ1) is 11.1. The number of halogens is 4. The van der Waals surface area contributed by atoms with Crippen LogP contribution in [-0.2, 0) is 14.3 Å². The summed E-state index contributed by atoms with van der Waals surface area (Å²) in [6.45, 7) is 2.44.